The molecule has 0 radical (unpaired) electrons. The van der Waals surface area contributed by atoms with Crippen molar-refractivity contribution in [1.29, 1.82) is 0 Å². The first-order valence-electron chi connectivity index (χ1n) is 7.53. The summed E-state index contributed by atoms with van der Waals surface area (Å²) in [5.74, 6) is 0.202. The van der Waals surface area contributed by atoms with Gasteiger partial charge in [0.05, 0.1) is 11.5 Å². The van der Waals surface area contributed by atoms with E-state index in [4.69, 9.17) is 4.74 Å². The van der Waals surface area contributed by atoms with Crippen LogP contribution in [0, 0.1) is 10.8 Å². The van der Waals surface area contributed by atoms with Gasteiger partial charge in [-0.15, -0.1) is 0 Å². The van der Waals surface area contributed by atoms with Gasteiger partial charge in [0.15, 0.2) is 0 Å². The van der Waals surface area contributed by atoms with E-state index in [2.05, 4.69) is 31.4 Å². The lowest BCUT2D eigenvalue weighted by atomic mass is 9.64. The molecule has 1 saturated heterocycles. The zero-order valence-electron chi connectivity index (χ0n) is 12.7. The Labute approximate surface area is 116 Å². The van der Waals surface area contributed by atoms with Gasteiger partial charge in [0.2, 0.25) is 5.91 Å². The average Bonchev–Trinajstić information content (AvgIpc) is 2.38. The highest BCUT2D eigenvalue weighted by atomic mass is 16.5. The van der Waals surface area contributed by atoms with Gasteiger partial charge in [-0.2, -0.15) is 0 Å². The summed E-state index contributed by atoms with van der Waals surface area (Å²) in [5.41, 5.74) is -0.199. The number of piperidine rings is 1. The maximum atomic E-state index is 12.5. The van der Waals surface area contributed by atoms with Gasteiger partial charge in [-0.3, -0.25) is 4.79 Å². The number of hydrogen-bond donors (Lipinski definition) is 2. The van der Waals surface area contributed by atoms with E-state index in [0.717, 1.165) is 39.0 Å². The molecule has 1 amide bonds. The fourth-order valence-corrected chi connectivity index (χ4v) is 3.20. The molecule has 2 N–H and O–H groups in total. The van der Waals surface area contributed by atoms with Crippen molar-refractivity contribution in [1.82, 2.24) is 10.6 Å². The monoisotopic (exact) mass is 268 g/mol. The molecule has 3 unspecified atom stereocenters. The van der Waals surface area contributed by atoms with Gasteiger partial charge in [0.1, 0.15) is 0 Å². The van der Waals surface area contributed by atoms with Crippen molar-refractivity contribution in [3.8, 4) is 0 Å². The molecule has 0 aromatic heterocycles. The van der Waals surface area contributed by atoms with Crippen molar-refractivity contribution in [3.63, 3.8) is 0 Å². The third kappa shape index (κ3) is 2.79. The maximum absolute atomic E-state index is 12.5. The van der Waals surface area contributed by atoms with Crippen molar-refractivity contribution in [2.45, 2.75) is 59.1 Å². The van der Waals surface area contributed by atoms with Crippen LogP contribution in [0.15, 0.2) is 0 Å². The minimum absolute atomic E-state index is 0.0458. The molecule has 0 aromatic rings. The maximum Gasteiger partial charge on any atom is 0.227 e. The quantitative estimate of drug-likeness (QED) is 0.816. The Balaban J connectivity index is 1.90. The lowest BCUT2D eigenvalue weighted by molar-refractivity contribution is -0.144. The van der Waals surface area contributed by atoms with E-state index in [0.29, 0.717) is 0 Å². The van der Waals surface area contributed by atoms with Crippen LogP contribution in [0.4, 0.5) is 0 Å². The highest BCUT2D eigenvalue weighted by Gasteiger charge is 2.50. The van der Waals surface area contributed by atoms with Crippen molar-refractivity contribution < 1.29 is 9.53 Å². The molecule has 3 atom stereocenters. The summed E-state index contributed by atoms with van der Waals surface area (Å²) in [6.45, 7) is 11.0. The van der Waals surface area contributed by atoms with Gasteiger partial charge in [0, 0.05) is 24.6 Å². The van der Waals surface area contributed by atoms with Crippen LogP contribution in [0.1, 0.15) is 47.0 Å². The van der Waals surface area contributed by atoms with Crippen LogP contribution in [0.2, 0.25) is 0 Å². The number of carbonyl (C=O) groups is 1. The number of carbonyl (C=O) groups excluding carboxylic acids is 1. The molecule has 2 rings (SSSR count). The highest BCUT2D eigenvalue weighted by molar-refractivity contribution is 5.83. The van der Waals surface area contributed by atoms with Crippen molar-refractivity contribution in [2.24, 2.45) is 10.8 Å². The van der Waals surface area contributed by atoms with Crippen LogP contribution in [-0.2, 0) is 9.53 Å². The standard InChI is InChI=1S/C15H28N2O2/c1-5-19-12-9-11(14(12,2)3)17-13(18)15(4)7-6-8-16-10-15/h11-12,16H,5-10H2,1-4H3,(H,17,18). The van der Waals surface area contributed by atoms with E-state index in [-0.39, 0.29) is 28.9 Å². The Morgan fingerprint density at radius 3 is 2.68 bits per heavy atom. The molecule has 0 spiro atoms. The Bertz CT molecular complexity index is 335. The Morgan fingerprint density at radius 1 is 1.42 bits per heavy atom. The fourth-order valence-electron chi connectivity index (χ4n) is 3.20. The van der Waals surface area contributed by atoms with Gasteiger partial charge in [-0.05, 0) is 39.7 Å². The minimum atomic E-state index is -0.245. The Hall–Kier alpha value is -0.610. The molecule has 0 bridgehead atoms. The molecule has 110 valence electrons. The van der Waals surface area contributed by atoms with Gasteiger partial charge in [-0.25, -0.2) is 0 Å². The minimum Gasteiger partial charge on any atom is -0.378 e. The number of amides is 1. The smallest absolute Gasteiger partial charge is 0.227 e. The van der Waals surface area contributed by atoms with Crippen LogP contribution in [0.3, 0.4) is 0 Å². The summed E-state index contributed by atoms with van der Waals surface area (Å²) in [7, 11) is 0. The van der Waals surface area contributed by atoms with Crippen molar-refractivity contribution >= 4 is 5.91 Å². The normalized spacial score (nSPS) is 37.5. The molecular formula is C15H28N2O2. The van der Waals surface area contributed by atoms with Gasteiger partial charge >= 0.3 is 0 Å². The zero-order chi connectivity index (χ0) is 14.1. The lowest BCUT2D eigenvalue weighted by Crippen LogP contribution is -2.64. The zero-order valence-corrected chi connectivity index (χ0v) is 12.7. The number of hydrogen-bond acceptors (Lipinski definition) is 3. The number of ether oxygens (including phenoxy) is 1. The van der Waals surface area contributed by atoms with E-state index in [1.807, 2.05) is 6.92 Å². The lowest BCUT2D eigenvalue weighted by Gasteiger charge is -2.52. The topological polar surface area (TPSA) is 50.4 Å². The molecule has 19 heavy (non-hydrogen) atoms. The summed E-state index contributed by atoms with van der Waals surface area (Å²) in [4.78, 5) is 12.5. The second kappa shape index (κ2) is 5.41. The van der Waals surface area contributed by atoms with E-state index in [1.54, 1.807) is 0 Å². The first kappa shape index (κ1) is 14.8. The van der Waals surface area contributed by atoms with Gasteiger partial charge in [-0.1, -0.05) is 13.8 Å². The molecule has 1 heterocycles. The summed E-state index contributed by atoms with van der Waals surface area (Å²) < 4.78 is 5.71. The number of nitrogens with one attached hydrogen (secondary N) is 2. The van der Waals surface area contributed by atoms with Crippen LogP contribution in [0.5, 0.6) is 0 Å². The summed E-state index contributed by atoms with van der Waals surface area (Å²) >= 11 is 0. The first-order valence-corrected chi connectivity index (χ1v) is 7.53. The molecule has 2 aliphatic rings. The summed E-state index contributed by atoms with van der Waals surface area (Å²) in [5, 5.41) is 6.58. The largest absolute Gasteiger partial charge is 0.378 e. The molecule has 1 aliphatic heterocycles. The molecule has 2 fully saturated rings. The molecule has 4 heteroatoms. The molecule has 1 saturated carbocycles. The molecule has 1 aliphatic carbocycles. The third-order valence-corrected chi connectivity index (χ3v) is 5.00. The number of rotatable bonds is 4. The van der Waals surface area contributed by atoms with E-state index in [1.165, 1.54) is 0 Å². The van der Waals surface area contributed by atoms with Crippen molar-refractivity contribution in [3.05, 3.63) is 0 Å². The Morgan fingerprint density at radius 2 is 2.16 bits per heavy atom. The summed E-state index contributed by atoms with van der Waals surface area (Å²) in [6.07, 6.45) is 3.28. The predicted molar refractivity (Wildman–Crippen MR) is 76.0 cm³/mol. The fraction of sp³-hybridized carbons (Fsp3) is 0.933. The van der Waals surface area contributed by atoms with Crippen molar-refractivity contribution in [2.75, 3.05) is 19.7 Å². The second-order valence-corrected chi connectivity index (χ2v) is 6.87. The third-order valence-electron chi connectivity index (χ3n) is 5.00. The predicted octanol–water partition coefficient (Wildman–Crippen LogP) is 1.70. The highest BCUT2D eigenvalue weighted by Crippen LogP contribution is 2.43. The molecular weight excluding hydrogens is 240 g/mol. The van der Waals surface area contributed by atoms with Crippen LogP contribution >= 0.6 is 0 Å². The van der Waals surface area contributed by atoms with Gasteiger partial charge < -0.3 is 15.4 Å². The van der Waals surface area contributed by atoms with Crippen LogP contribution in [-0.4, -0.2) is 37.7 Å². The van der Waals surface area contributed by atoms with E-state index >= 15 is 0 Å². The Kier molecular flexibility index (Phi) is 4.21. The van der Waals surface area contributed by atoms with Crippen LogP contribution in [0.25, 0.3) is 0 Å². The van der Waals surface area contributed by atoms with E-state index in [9.17, 15) is 4.79 Å². The summed E-state index contributed by atoms with van der Waals surface area (Å²) in [6, 6.07) is 0.246. The van der Waals surface area contributed by atoms with Crippen LogP contribution < -0.4 is 10.6 Å². The first-order chi connectivity index (χ1) is 8.90. The molecule has 0 aromatic carbocycles. The second-order valence-electron chi connectivity index (χ2n) is 6.87. The molecule has 4 nitrogen and oxygen atoms in total. The SMILES string of the molecule is CCOC1CC(NC(=O)C2(C)CCCNC2)C1(C)C. The van der Waals surface area contributed by atoms with Gasteiger partial charge in [0.25, 0.3) is 0 Å². The van der Waals surface area contributed by atoms with E-state index < -0.39 is 0 Å². The average molecular weight is 268 g/mol.